The summed E-state index contributed by atoms with van der Waals surface area (Å²) in [6, 6.07) is 8.05. The van der Waals surface area contributed by atoms with Crippen molar-refractivity contribution >= 4 is 11.9 Å². The molecule has 0 atom stereocenters. The first-order valence-corrected chi connectivity index (χ1v) is 10.4. The number of esters is 1. The Kier molecular flexibility index (Phi) is 7.70. The van der Waals surface area contributed by atoms with Crippen molar-refractivity contribution in [2.75, 3.05) is 53.6 Å². The highest BCUT2D eigenvalue weighted by molar-refractivity contribution is 6.00. The summed E-state index contributed by atoms with van der Waals surface area (Å²) in [7, 11) is 3.21. The molecule has 168 valence electrons. The molecule has 2 heterocycles. The predicted molar refractivity (Wildman–Crippen MR) is 117 cm³/mol. The molecular weight excluding hydrogens is 398 g/mol. The normalized spacial score (nSPS) is 14.5. The largest absolute Gasteiger partial charge is 0.497 e. The van der Waals surface area contributed by atoms with Crippen LogP contribution in [0.4, 0.5) is 0 Å². The first-order valence-electron chi connectivity index (χ1n) is 10.4. The average molecular weight is 430 g/mol. The number of ether oxygens (including phenoxy) is 3. The van der Waals surface area contributed by atoms with Crippen molar-refractivity contribution in [3.05, 3.63) is 52.3 Å². The van der Waals surface area contributed by atoms with Gasteiger partial charge in [-0.25, -0.2) is 4.79 Å². The number of aryl methyl sites for hydroxylation is 1. The molecule has 2 aromatic rings. The van der Waals surface area contributed by atoms with Crippen molar-refractivity contribution in [3.63, 3.8) is 0 Å². The maximum Gasteiger partial charge on any atom is 0.340 e. The molecule has 1 aromatic heterocycles. The summed E-state index contributed by atoms with van der Waals surface area (Å²) in [4.78, 5) is 32.7. The fraction of sp³-hybridized carbons (Fsp3) is 0.478. The SMILES string of the molecule is COCCOC(=O)c1c(C)[nH]c(C(=O)N2CCN(Cc3ccc(OC)cc3)CC2)c1C. The molecule has 0 aliphatic carbocycles. The maximum atomic E-state index is 13.1. The molecule has 1 aliphatic heterocycles. The Morgan fingerprint density at radius 1 is 1.00 bits per heavy atom. The van der Waals surface area contributed by atoms with Crippen LogP contribution in [0.25, 0.3) is 0 Å². The molecule has 1 aromatic carbocycles. The minimum Gasteiger partial charge on any atom is -0.497 e. The first-order chi connectivity index (χ1) is 14.9. The molecule has 1 N–H and O–H groups in total. The quantitative estimate of drug-likeness (QED) is 0.513. The van der Waals surface area contributed by atoms with Crippen molar-refractivity contribution < 1.29 is 23.8 Å². The summed E-state index contributed by atoms with van der Waals surface area (Å²) in [6.45, 7) is 7.78. The van der Waals surface area contributed by atoms with Gasteiger partial charge in [0.2, 0.25) is 0 Å². The number of aromatic nitrogens is 1. The van der Waals surface area contributed by atoms with E-state index in [0.717, 1.165) is 25.4 Å². The number of methoxy groups -OCH3 is 2. The number of hydrogen-bond acceptors (Lipinski definition) is 6. The van der Waals surface area contributed by atoms with E-state index in [1.54, 1.807) is 28.1 Å². The molecule has 0 bridgehead atoms. The number of nitrogens with one attached hydrogen (secondary N) is 1. The Hall–Kier alpha value is -2.84. The van der Waals surface area contributed by atoms with E-state index in [1.807, 2.05) is 17.0 Å². The van der Waals surface area contributed by atoms with Gasteiger partial charge in [-0.15, -0.1) is 0 Å². The molecule has 31 heavy (non-hydrogen) atoms. The minimum absolute atomic E-state index is 0.0827. The maximum absolute atomic E-state index is 13.1. The number of aromatic amines is 1. The molecule has 0 spiro atoms. The number of carbonyl (C=O) groups is 2. The Balaban J connectivity index is 1.59. The van der Waals surface area contributed by atoms with Crippen LogP contribution in [0.2, 0.25) is 0 Å². The third-order valence-electron chi connectivity index (χ3n) is 5.60. The van der Waals surface area contributed by atoms with Gasteiger partial charge in [-0.3, -0.25) is 9.69 Å². The summed E-state index contributed by atoms with van der Waals surface area (Å²) < 4.78 is 15.3. The van der Waals surface area contributed by atoms with Crippen molar-refractivity contribution in [2.45, 2.75) is 20.4 Å². The highest BCUT2D eigenvalue weighted by atomic mass is 16.6. The lowest BCUT2D eigenvalue weighted by atomic mass is 10.1. The van der Waals surface area contributed by atoms with Gasteiger partial charge in [0.25, 0.3) is 5.91 Å². The van der Waals surface area contributed by atoms with Crippen LogP contribution in [-0.4, -0.2) is 80.3 Å². The number of carbonyl (C=O) groups excluding carboxylic acids is 2. The van der Waals surface area contributed by atoms with Gasteiger partial charge in [0, 0.05) is 45.5 Å². The second-order valence-corrected chi connectivity index (χ2v) is 7.67. The molecular formula is C23H31N3O5. The number of benzene rings is 1. The first kappa shape index (κ1) is 22.8. The number of amides is 1. The molecule has 1 fully saturated rings. The smallest absolute Gasteiger partial charge is 0.340 e. The van der Waals surface area contributed by atoms with Crippen LogP contribution in [0.3, 0.4) is 0 Å². The Labute approximate surface area is 183 Å². The lowest BCUT2D eigenvalue weighted by molar-refractivity contribution is 0.0387. The van der Waals surface area contributed by atoms with E-state index in [0.29, 0.717) is 42.2 Å². The Morgan fingerprint density at radius 2 is 1.68 bits per heavy atom. The molecule has 1 aliphatic rings. The van der Waals surface area contributed by atoms with Crippen LogP contribution in [0.15, 0.2) is 24.3 Å². The van der Waals surface area contributed by atoms with E-state index in [-0.39, 0.29) is 12.5 Å². The molecule has 0 unspecified atom stereocenters. The third kappa shape index (κ3) is 5.45. The van der Waals surface area contributed by atoms with E-state index < -0.39 is 5.97 Å². The van der Waals surface area contributed by atoms with Gasteiger partial charge in [0.15, 0.2) is 0 Å². The highest BCUT2D eigenvalue weighted by Gasteiger charge is 2.28. The standard InChI is InChI=1S/C23H31N3O5/c1-16-20(23(28)31-14-13-29-3)17(2)24-21(16)22(27)26-11-9-25(10-12-26)15-18-5-7-19(30-4)8-6-18/h5-8,24H,9-15H2,1-4H3. The number of rotatable bonds is 8. The third-order valence-corrected chi connectivity index (χ3v) is 5.60. The zero-order chi connectivity index (χ0) is 22.4. The van der Waals surface area contributed by atoms with Gasteiger partial charge in [-0.2, -0.15) is 0 Å². The van der Waals surface area contributed by atoms with Crippen molar-refractivity contribution in [3.8, 4) is 5.75 Å². The van der Waals surface area contributed by atoms with E-state index in [9.17, 15) is 9.59 Å². The van der Waals surface area contributed by atoms with Crippen molar-refractivity contribution in [1.29, 1.82) is 0 Å². The van der Waals surface area contributed by atoms with Crippen LogP contribution >= 0.6 is 0 Å². The van der Waals surface area contributed by atoms with E-state index >= 15 is 0 Å². The molecule has 8 heteroatoms. The number of hydrogen-bond donors (Lipinski definition) is 1. The summed E-state index contributed by atoms with van der Waals surface area (Å²) in [5.74, 6) is 0.324. The number of nitrogens with zero attached hydrogens (tertiary/aromatic N) is 2. The van der Waals surface area contributed by atoms with E-state index in [2.05, 4.69) is 22.0 Å². The highest BCUT2D eigenvalue weighted by Crippen LogP contribution is 2.21. The molecule has 1 amide bonds. The molecule has 0 radical (unpaired) electrons. The monoisotopic (exact) mass is 429 g/mol. The van der Waals surface area contributed by atoms with Crippen LogP contribution in [-0.2, 0) is 16.0 Å². The predicted octanol–water partition coefficient (Wildman–Crippen LogP) is 2.40. The van der Waals surface area contributed by atoms with Gasteiger partial charge in [0.05, 0.1) is 19.3 Å². The number of piperazine rings is 1. The van der Waals surface area contributed by atoms with Gasteiger partial charge >= 0.3 is 5.97 Å². The topological polar surface area (TPSA) is 84.1 Å². The molecule has 8 nitrogen and oxygen atoms in total. The lowest BCUT2D eigenvalue weighted by Crippen LogP contribution is -2.48. The second-order valence-electron chi connectivity index (χ2n) is 7.67. The van der Waals surface area contributed by atoms with Crippen molar-refractivity contribution in [1.82, 2.24) is 14.8 Å². The zero-order valence-corrected chi connectivity index (χ0v) is 18.7. The minimum atomic E-state index is -0.438. The summed E-state index contributed by atoms with van der Waals surface area (Å²) in [6.07, 6.45) is 0. The molecule has 3 rings (SSSR count). The van der Waals surface area contributed by atoms with Crippen molar-refractivity contribution in [2.24, 2.45) is 0 Å². The average Bonchev–Trinajstić information content (AvgIpc) is 3.08. The van der Waals surface area contributed by atoms with Gasteiger partial charge in [-0.05, 0) is 37.1 Å². The van der Waals surface area contributed by atoms with Crippen LogP contribution < -0.4 is 4.74 Å². The summed E-state index contributed by atoms with van der Waals surface area (Å²) in [5, 5.41) is 0. The lowest BCUT2D eigenvalue weighted by Gasteiger charge is -2.34. The van der Waals surface area contributed by atoms with Crippen LogP contribution in [0.1, 0.15) is 37.7 Å². The van der Waals surface area contributed by atoms with Gasteiger partial charge < -0.3 is 24.1 Å². The van der Waals surface area contributed by atoms with E-state index in [1.165, 1.54) is 5.56 Å². The van der Waals surface area contributed by atoms with E-state index in [4.69, 9.17) is 14.2 Å². The van der Waals surface area contributed by atoms with Gasteiger partial charge in [-0.1, -0.05) is 12.1 Å². The van der Waals surface area contributed by atoms with Crippen LogP contribution in [0.5, 0.6) is 5.75 Å². The zero-order valence-electron chi connectivity index (χ0n) is 18.7. The second kappa shape index (κ2) is 10.5. The Morgan fingerprint density at radius 3 is 2.29 bits per heavy atom. The van der Waals surface area contributed by atoms with Gasteiger partial charge in [0.1, 0.15) is 18.1 Å². The Bertz CT molecular complexity index is 899. The molecule has 0 saturated carbocycles. The summed E-state index contributed by atoms with van der Waals surface area (Å²) in [5.41, 5.74) is 3.37. The van der Waals surface area contributed by atoms with Crippen LogP contribution in [0, 0.1) is 13.8 Å². The fourth-order valence-electron chi connectivity index (χ4n) is 3.82. The summed E-state index contributed by atoms with van der Waals surface area (Å²) >= 11 is 0. The fourth-order valence-corrected chi connectivity index (χ4v) is 3.82. The number of H-pyrrole nitrogens is 1. The molecule has 1 saturated heterocycles.